The van der Waals surface area contributed by atoms with Crippen LogP contribution in [0.5, 0.6) is 0 Å². The molecule has 1 aromatic heterocycles. The van der Waals surface area contributed by atoms with Gasteiger partial charge in [0.15, 0.2) is 5.69 Å². The molecule has 2 amide bonds. The molecule has 0 radical (unpaired) electrons. The first-order valence-electron chi connectivity index (χ1n) is 6.81. The van der Waals surface area contributed by atoms with Crippen molar-refractivity contribution in [2.75, 3.05) is 13.1 Å². The molecule has 0 bridgehead atoms. The summed E-state index contributed by atoms with van der Waals surface area (Å²) in [6.45, 7) is 0.845. The molecule has 0 aliphatic heterocycles. The summed E-state index contributed by atoms with van der Waals surface area (Å²) < 4.78 is 1.52. The van der Waals surface area contributed by atoms with E-state index in [1.165, 1.54) is 9.58 Å². The molecule has 1 aromatic rings. The molecule has 0 spiro atoms. The minimum atomic E-state index is -0.514. The fraction of sp³-hybridized carbons (Fsp3) is 0.667. The molecule has 4 N–H and O–H groups in total. The first kappa shape index (κ1) is 14.4. The number of amides is 2. The molecule has 1 aliphatic carbocycles. The molecule has 20 heavy (non-hydrogen) atoms. The molecule has 1 heterocycles. The Bertz CT molecular complexity index is 480. The Kier molecular flexibility index (Phi) is 4.67. The molecule has 1 fully saturated rings. The minimum absolute atomic E-state index is 0.0645. The van der Waals surface area contributed by atoms with E-state index >= 15 is 0 Å². The topological polar surface area (TPSA) is 120 Å². The second-order valence-corrected chi connectivity index (χ2v) is 4.99. The molecule has 2 rings (SSSR count). The van der Waals surface area contributed by atoms with Crippen molar-refractivity contribution < 1.29 is 9.59 Å². The summed E-state index contributed by atoms with van der Waals surface area (Å²) in [4.78, 5) is 25.2. The van der Waals surface area contributed by atoms with Crippen molar-refractivity contribution in [3.05, 3.63) is 11.9 Å². The van der Waals surface area contributed by atoms with Crippen molar-refractivity contribution >= 4 is 11.8 Å². The van der Waals surface area contributed by atoms with Crippen molar-refractivity contribution in [3.63, 3.8) is 0 Å². The first-order chi connectivity index (χ1) is 9.61. The van der Waals surface area contributed by atoms with Gasteiger partial charge in [-0.05, 0) is 12.8 Å². The number of nitrogens with zero attached hydrogens (tertiary/aromatic N) is 4. The van der Waals surface area contributed by atoms with E-state index < -0.39 is 5.91 Å². The summed E-state index contributed by atoms with van der Waals surface area (Å²) in [5.74, 6) is -0.807. The summed E-state index contributed by atoms with van der Waals surface area (Å²) in [7, 11) is 0. The lowest BCUT2D eigenvalue weighted by Gasteiger charge is -2.26. The summed E-state index contributed by atoms with van der Waals surface area (Å²) >= 11 is 0. The van der Waals surface area contributed by atoms with E-state index in [1.54, 1.807) is 6.20 Å². The van der Waals surface area contributed by atoms with E-state index in [4.69, 9.17) is 11.5 Å². The van der Waals surface area contributed by atoms with Crippen molar-refractivity contribution in [2.45, 2.75) is 38.3 Å². The molecule has 0 atom stereocenters. The number of carbonyl (C=O) groups excluding carboxylic acids is 2. The highest BCUT2D eigenvalue weighted by atomic mass is 16.2. The second-order valence-electron chi connectivity index (χ2n) is 4.99. The average Bonchev–Trinajstić information content (AvgIpc) is 3.06. The third kappa shape index (κ3) is 3.32. The maximum atomic E-state index is 12.5. The van der Waals surface area contributed by atoms with Crippen LogP contribution >= 0.6 is 0 Å². The van der Waals surface area contributed by atoms with Crippen LogP contribution in [0.25, 0.3) is 0 Å². The van der Waals surface area contributed by atoms with Crippen LogP contribution in [0, 0.1) is 0 Å². The van der Waals surface area contributed by atoms with Crippen LogP contribution in [0.3, 0.4) is 0 Å². The number of hydrogen-bond acceptors (Lipinski definition) is 5. The van der Waals surface area contributed by atoms with Gasteiger partial charge in [0.1, 0.15) is 0 Å². The number of primary amides is 1. The van der Waals surface area contributed by atoms with E-state index in [2.05, 4.69) is 10.3 Å². The molecule has 0 unspecified atom stereocenters. The standard InChI is InChI=1S/C12H20N6O2/c13-5-6-17-7-10(15-16-17)12(20)18(8-11(14)19)9-3-1-2-4-9/h7,9H,1-6,8,13H2,(H2,14,19). The SMILES string of the molecule is NCCn1cc(C(=O)N(CC(N)=O)C2CCCC2)nn1. The molecular weight excluding hydrogens is 260 g/mol. The average molecular weight is 280 g/mol. The van der Waals surface area contributed by atoms with Crippen molar-refractivity contribution in [1.82, 2.24) is 19.9 Å². The van der Waals surface area contributed by atoms with E-state index in [1.807, 2.05) is 0 Å². The Morgan fingerprint density at radius 1 is 1.40 bits per heavy atom. The van der Waals surface area contributed by atoms with Gasteiger partial charge in [0, 0.05) is 12.6 Å². The summed E-state index contributed by atoms with van der Waals surface area (Å²) in [6.07, 6.45) is 5.48. The predicted octanol–water partition coefficient (Wildman–Crippen LogP) is -0.893. The highest BCUT2D eigenvalue weighted by Gasteiger charge is 2.29. The highest BCUT2D eigenvalue weighted by Crippen LogP contribution is 2.24. The lowest BCUT2D eigenvalue weighted by Crippen LogP contribution is -2.44. The number of rotatable bonds is 6. The number of nitrogens with two attached hydrogens (primary N) is 2. The molecule has 8 nitrogen and oxygen atoms in total. The Morgan fingerprint density at radius 2 is 2.10 bits per heavy atom. The van der Waals surface area contributed by atoms with Gasteiger partial charge in [0.25, 0.3) is 5.91 Å². The predicted molar refractivity (Wildman–Crippen MR) is 71.6 cm³/mol. The Labute approximate surface area is 117 Å². The number of aromatic nitrogens is 3. The fourth-order valence-electron chi connectivity index (χ4n) is 2.54. The molecule has 110 valence electrons. The maximum absolute atomic E-state index is 12.5. The van der Waals surface area contributed by atoms with E-state index in [9.17, 15) is 9.59 Å². The minimum Gasteiger partial charge on any atom is -0.368 e. The van der Waals surface area contributed by atoms with E-state index in [0.29, 0.717) is 13.1 Å². The lowest BCUT2D eigenvalue weighted by atomic mass is 10.2. The van der Waals surface area contributed by atoms with Gasteiger partial charge in [-0.3, -0.25) is 14.3 Å². The number of hydrogen-bond donors (Lipinski definition) is 2. The van der Waals surface area contributed by atoms with Crippen LogP contribution < -0.4 is 11.5 Å². The first-order valence-corrected chi connectivity index (χ1v) is 6.81. The maximum Gasteiger partial charge on any atom is 0.276 e. The van der Waals surface area contributed by atoms with E-state index in [-0.39, 0.29) is 24.2 Å². The van der Waals surface area contributed by atoms with E-state index in [0.717, 1.165) is 25.7 Å². The quantitative estimate of drug-likeness (QED) is 0.700. The normalized spacial score (nSPS) is 15.4. The Morgan fingerprint density at radius 3 is 2.70 bits per heavy atom. The number of carbonyl (C=O) groups is 2. The van der Waals surface area contributed by atoms with Gasteiger partial charge in [-0.15, -0.1) is 5.10 Å². The summed E-state index contributed by atoms with van der Waals surface area (Å²) in [5, 5.41) is 7.69. The van der Waals surface area contributed by atoms with Gasteiger partial charge in [-0.1, -0.05) is 18.1 Å². The van der Waals surface area contributed by atoms with Gasteiger partial charge in [-0.2, -0.15) is 0 Å². The smallest absolute Gasteiger partial charge is 0.276 e. The third-order valence-corrected chi connectivity index (χ3v) is 3.47. The van der Waals surface area contributed by atoms with Crippen molar-refractivity contribution in [3.8, 4) is 0 Å². The van der Waals surface area contributed by atoms with Crippen LogP contribution in [-0.4, -0.2) is 50.8 Å². The third-order valence-electron chi connectivity index (χ3n) is 3.47. The van der Waals surface area contributed by atoms with Gasteiger partial charge in [0.05, 0.1) is 19.3 Å². The Balaban J connectivity index is 2.13. The summed E-state index contributed by atoms with van der Waals surface area (Å²) in [5.41, 5.74) is 10.9. The van der Waals surface area contributed by atoms with Gasteiger partial charge in [0.2, 0.25) is 5.91 Å². The van der Waals surface area contributed by atoms with Crippen LogP contribution in [0.2, 0.25) is 0 Å². The fourth-order valence-corrected chi connectivity index (χ4v) is 2.54. The van der Waals surface area contributed by atoms with Gasteiger partial charge < -0.3 is 16.4 Å². The van der Waals surface area contributed by atoms with Crippen molar-refractivity contribution in [1.29, 1.82) is 0 Å². The van der Waals surface area contributed by atoms with Gasteiger partial charge in [-0.25, -0.2) is 0 Å². The molecule has 8 heteroatoms. The highest BCUT2D eigenvalue weighted by molar-refractivity contribution is 5.94. The zero-order valence-corrected chi connectivity index (χ0v) is 11.4. The summed E-state index contributed by atoms with van der Waals surface area (Å²) in [6, 6.07) is 0.0645. The zero-order chi connectivity index (χ0) is 14.5. The lowest BCUT2D eigenvalue weighted by molar-refractivity contribution is -0.119. The molecule has 0 saturated heterocycles. The Hall–Kier alpha value is -1.96. The molecule has 1 saturated carbocycles. The molecule has 0 aromatic carbocycles. The largest absolute Gasteiger partial charge is 0.368 e. The monoisotopic (exact) mass is 280 g/mol. The van der Waals surface area contributed by atoms with Gasteiger partial charge >= 0.3 is 0 Å². The zero-order valence-electron chi connectivity index (χ0n) is 11.4. The second kappa shape index (κ2) is 6.47. The molecular formula is C12H20N6O2. The van der Waals surface area contributed by atoms with Crippen LogP contribution in [0.15, 0.2) is 6.20 Å². The molecule has 1 aliphatic rings. The van der Waals surface area contributed by atoms with Crippen LogP contribution in [0.1, 0.15) is 36.2 Å². The van der Waals surface area contributed by atoms with Crippen molar-refractivity contribution in [2.24, 2.45) is 11.5 Å². The van der Waals surface area contributed by atoms with Crippen LogP contribution in [0.4, 0.5) is 0 Å². The van der Waals surface area contributed by atoms with Crippen LogP contribution in [-0.2, 0) is 11.3 Å².